The first-order chi connectivity index (χ1) is 14.0. The van der Waals surface area contributed by atoms with Crippen LogP contribution in [-0.4, -0.2) is 38.2 Å². The molecule has 2 N–H and O–H groups in total. The molecule has 0 spiro atoms. The summed E-state index contributed by atoms with van der Waals surface area (Å²) in [6, 6.07) is 19.2. The minimum absolute atomic E-state index is 0. The zero-order valence-corrected chi connectivity index (χ0v) is 20.4. The fraction of sp³-hybridized carbons (Fsp3) is 0.458. The van der Waals surface area contributed by atoms with E-state index in [1.807, 2.05) is 13.1 Å². The fourth-order valence-corrected chi connectivity index (χ4v) is 4.40. The zero-order chi connectivity index (χ0) is 20.3. The van der Waals surface area contributed by atoms with Crippen molar-refractivity contribution < 1.29 is 4.74 Å². The molecule has 6 heteroatoms. The number of para-hydroxylation sites is 2. The molecule has 0 radical (unpaired) electrons. The average Bonchev–Trinajstić information content (AvgIpc) is 3.20. The molecule has 5 nitrogen and oxygen atoms in total. The highest BCUT2D eigenvalue weighted by Crippen LogP contribution is 2.39. The van der Waals surface area contributed by atoms with E-state index >= 15 is 0 Å². The second-order valence-corrected chi connectivity index (χ2v) is 8.69. The molecule has 2 heterocycles. The summed E-state index contributed by atoms with van der Waals surface area (Å²) >= 11 is 0. The molecule has 0 bridgehead atoms. The lowest BCUT2D eigenvalue weighted by Crippen LogP contribution is -2.46. The van der Waals surface area contributed by atoms with Gasteiger partial charge in [-0.25, -0.2) is 0 Å². The highest BCUT2D eigenvalue weighted by Gasteiger charge is 2.34. The third-order valence-electron chi connectivity index (χ3n) is 5.88. The lowest BCUT2D eigenvalue weighted by atomic mass is 9.90. The van der Waals surface area contributed by atoms with E-state index < -0.39 is 0 Å². The van der Waals surface area contributed by atoms with E-state index in [4.69, 9.17) is 4.74 Å². The summed E-state index contributed by atoms with van der Waals surface area (Å²) in [5, 5.41) is 7.19. The Hall–Kier alpha value is -1.96. The standard InChI is InChI=1S/C24H32N4O.HI/c1-24(2)15-21(20-11-7-8-12-22(20)29-24)27-23(25-3)26-16-18-13-14-28(17-18)19-9-5-4-6-10-19;/h4-12,18,21H,13-17H2,1-3H3,(H2,25,26,27);1H. The lowest BCUT2D eigenvalue weighted by molar-refractivity contribution is 0.0694. The molecule has 2 aromatic carbocycles. The SMILES string of the molecule is CN=C(NCC1CCN(c2ccccc2)C1)NC1CC(C)(C)Oc2ccccc21.I. The number of hydrogen-bond acceptors (Lipinski definition) is 3. The Bertz CT molecular complexity index is 855. The molecule has 30 heavy (non-hydrogen) atoms. The first-order valence-corrected chi connectivity index (χ1v) is 10.6. The summed E-state index contributed by atoms with van der Waals surface area (Å²) in [7, 11) is 1.84. The number of ether oxygens (including phenoxy) is 1. The van der Waals surface area contributed by atoms with Crippen LogP contribution in [0.1, 0.15) is 38.3 Å². The summed E-state index contributed by atoms with van der Waals surface area (Å²) in [4.78, 5) is 6.95. The zero-order valence-electron chi connectivity index (χ0n) is 18.1. The number of fused-ring (bicyclic) bond motifs is 1. The Morgan fingerprint density at radius 2 is 1.87 bits per heavy atom. The molecule has 0 aliphatic carbocycles. The fourth-order valence-electron chi connectivity index (χ4n) is 4.40. The number of hydrogen-bond donors (Lipinski definition) is 2. The quantitative estimate of drug-likeness (QED) is 0.352. The van der Waals surface area contributed by atoms with Crippen molar-refractivity contribution in [3.05, 3.63) is 60.2 Å². The van der Waals surface area contributed by atoms with Gasteiger partial charge in [-0.05, 0) is 44.4 Å². The molecule has 2 atom stereocenters. The molecule has 1 saturated heterocycles. The maximum Gasteiger partial charge on any atom is 0.191 e. The minimum atomic E-state index is -0.202. The van der Waals surface area contributed by atoms with Crippen LogP contribution in [0.2, 0.25) is 0 Å². The van der Waals surface area contributed by atoms with Crippen molar-refractivity contribution in [3.8, 4) is 5.75 Å². The smallest absolute Gasteiger partial charge is 0.191 e. The van der Waals surface area contributed by atoms with Crippen molar-refractivity contribution in [3.63, 3.8) is 0 Å². The van der Waals surface area contributed by atoms with Crippen molar-refractivity contribution in [2.75, 3.05) is 31.6 Å². The number of guanidine groups is 1. The minimum Gasteiger partial charge on any atom is -0.487 e. The van der Waals surface area contributed by atoms with Gasteiger partial charge in [0.2, 0.25) is 0 Å². The van der Waals surface area contributed by atoms with Gasteiger partial charge in [0.15, 0.2) is 5.96 Å². The summed E-state index contributed by atoms with van der Waals surface area (Å²) < 4.78 is 6.15. The Labute approximate surface area is 197 Å². The molecule has 162 valence electrons. The largest absolute Gasteiger partial charge is 0.487 e. The van der Waals surface area contributed by atoms with Crippen molar-refractivity contribution >= 4 is 35.6 Å². The topological polar surface area (TPSA) is 48.9 Å². The van der Waals surface area contributed by atoms with Gasteiger partial charge < -0.3 is 20.3 Å². The van der Waals surface area contributed by atoms with E-state index in [0.717, 1.165) is 37.8 Å². The highest BCUT2D eigenvalue weighted by atomic mass is 127. The van der Waals surface area contributed by atoms with Gasteiger partial charge >= 0.3 is 0 Å². The van der Waals surface area contributed by atoms with Crippen LogP contribution in [0.3, 0.4) is 0 Å². The summed E-state index contributed by atoms with van der Waals surface area (Å²) in [6.07, 6.45) is 2.10. The van der Waals surface area contributed by atoms with Gasteiger partial charge in [0.25, 0.3) is 0 Å². The molecular weight excluding hydrogens is 487 g/mol. The Balaban J connectivity index is 0.00000256. The number of nitrogens with one attached hydrogen (secondary N) is 2. The Morgan fingerprint density at radius 1 is 1.13 bits per heavy atom. The second-order valence-electron chi connectivity index (χ2n) is 8.69. The molecule has 4 rings (SSSR count). The Kier molecular flexibility index (Phi) is 7.50. The van der Waals surface area contributed by atoms with E-state index in [-0.39, 0.29) is 35.6 Å². The predicted octanol–water partition coefficient (Wildman–Crippen LogP) is 4.60. The number of halogens is 1. The molecule has 2 aliphatic heterocycles. The van der Waals surface area contributed by atoms with Crippen LogP contribution in [0.25, 0.3) is 0 Å². The monoisotopic (exact) mass is 520 g/mol. The molecule has 2 aliphatic rings. The van der Waals surface area contributed by atoms with Crippen molar-refractivity contribution in [1.29, 1.82) is 0 Å². The summed E-state index contributed by atoms with van der Waals surface area (Å²) in [6.45, 7) is 7.41. The predicted molar refractivity (Wildman–Crippen MR) is 135 cm³/mol. The Morgan fingerprint density at radius 3 is 2.63 bits per heavy atom. The average molecular weight is 520 g/mol. The summed E-state index contributed by atoms with van der Waals surface area (Å²) in [5.74, 6) is 2.44. The first-order valence-electron chi connectivity index (χ1n) is 10.6. The number of nitrogens with zero attached hydrogens (tertiary/aromatic N) is 2. The maximum absolute atomic E-state index is 6.15. The first kappa shape index (κ1) is 22.7. The molecule has 1 fully saturated rings. The van der Waals surface area contributed by atoms with E-state index in [1.54, 1.807) is 0 Å². The number of aliphatic imine (C=N–C) groups is 1. The maximum atomic E-state index is 6.15. The molecule has 2 aromatic rings. The molecule has 0 saturated carbocycles. The third-order valence-corrected chi connectivity index (χ3v) is 5.88. The van der Waals surface area contributed by atoms with Crippen LogP contribution in [0.15, 0.2) is 59.6 Å². The van der Waals surface area contributed by atoms with Crippen LogP contribution >= 0.6 is 24.0 Å². The van der Waals surface area contributed by atoms with Crippen molar-refractivity contribution in [2.24, 2.45) is 10.9 Å². The van der Waals surface area contributed by atoms with Crippen LogP contribution in [0, 0.1) is 5.92 Å². The van der Waals surface area contributed by atoms with Crippen molar-refractivity contribution in [1.82, 2.24) is 10.6 Å². The summed E-state index contributed by atoms with van der Waals surface area (Å²) in [5.41, 5.74) is 2.32. The van der Waals surface area contributed by atoms with Gasteiger partial charge in [-0.15, -0.1) is 24.0 Å². The molecular formula is C24H33IN4O. The number of benzene rings is 2. The number of rotatable bonds is 4. The van der Waals surface area contributed by atoms with Crippen LogP contribution < -0.4 is 20.3 Å². The van der Waals surface area contributed by atoms with Crippen LogP contribution in [-0.2, 0) is 0 Å². The van der Waals surface area contributed by atoms with E-state index in [1.165, 1.54) is 17.7 Å². The van der Waals surface area contributed by atoms with Crippen LogP contribution in [0.4, 0.5) is 5.69 Å². The van der Waals surface area contributed by atoms with Gasteiger partial charge in [0, 0.05) is 44.4 Å². The van der Waals surface area contributed by atoms with Gasteiger partial charge in [-0.3, -0.25) is 4.99 Å². The van der Waals surface area contributed by atoms with Gasteiger partial charge in [0.1, 0.15) is 11.4 Å². The van der Waals surface area contributed by atoms with E-state index in [2.05, 4.69) is 82.9 Å². The van der Waals surface area contributed by atoms with Crippen molar-refractivity contribution in [2.45, 2.75) is 38.3 Å². The second kappa shape index (κ2) is 9.90. The highest BCUT2D eigenvalue weighted by molar-refractivity contribution is 14.0. The lowest BCUT2D eigenvalue weighted by Gasteiger charge is -2.38. The number of anilines is 1. The molecule has 0 amide bonds. The van der Waals surface area contributed by atoms with Gasteiger partial charge in [-0.2, -0.15) is 0 Å². The third kappa shape index (κ3) is 5.39. The van der Waals surface area contributed by atoms with E-state index in [9.17, 15) is 0 Å². The van der Waals surface area contributed by atoms with Gasteiger partial charge in [-0.1, -0.05) is 36.4 Å². The normalized spacial score (nSPS) is 22.5. The molecule has 0 aromatic heterocycles. The van der Waals surface area contributed by atoms with E-state index in [0.29, 0.717) is 5.92 Å². The van der Waals surface area contributed by atoms with Gasteiger partial charge in [0.05, 0.1) is 6.04 Å². The molecule has 2 unspecified atom stereocenters. The van der Waals surface area contributed by atoms with Crippen LogP contribution in [0.5, 0.6) is 5.75 Å².